The van der Waals surface area contributed by atoms with Gasteiger partial charge in [0.1, 0.15) is 0 Å². The second kappa shape index (κ2) is 4.33. The monoisotopic (exact) mass is 223 g/mol. The molecule has 1 heteroatoms. The summed E-state index contributed by atoms with van der Waals surface area (Å²) in [5.74, 6) is 0.901. The molecule has 2 rings (SSSR count). The molecule has 0 heterocycles. The first-order valence-corrected chi connectivity index (χ1v) is 7.18. The van der Waals surface area contributed by atoms with Crippen LogP contribution in [0.2, 0.25) is 0 Å². The van der Waals surface area contributed by atoms with Crippen LogP contribution in [0.3, 0.4) is 0 Å². The molecule has 2 fully saturated rings. The van der Waals surface area contributed by atoms with E-state index in [0.29, 0.717) is 10.8 Å². The summed E-state index contributed by atoms with van der Waals surface area (Å²) in [4.78, 5) is 0. The van der Waals surface area contributed by atoms with Gasteiger partial charge in [-0.3, -0.25) is 0 Å². The van der Waals surface area contributed by atoms with Gasteiger partial charge in [0.15, 0.2) is 0 Å². The summed E-state index contributed by atoms with van der Waals surface area (Å²) in [6.45, 7) is 10.9. The Labute approximate surface area is 101 Å². The maximum Gasteiger partial charge on any atom is 0.00749 e. The Hall–Kier alpha value is -0.0400. The van der Waals surface area contributed by atoms with Gasteiger partial charge in [0.05, 0.1) is 0 Å². The highest BCUT2D eigenvalue weighted by Gasteiger charge is 2.41. The van der Waals surface area contributed by atoms with Crippen molar-refractivity contribution in [2.45, 2.75) is 72.3 Å². The molecule has 0 radical (unpaired) electrons. The average Bonchev–Trinajstić information content (AvgIpc) is 2.92. The Morgan fingerprint density at radius 2 is 1.88 bits per heavy atom. The van der Waals surface area contributed by atoms with Crippen LogP contribution in [0, 0.1) is 16.7 Å². The van der Waals surface area contributed by atoms with E-state index in [9.17, 15) is 0 Å². The van der Waals surface area contributed by atoms with E-state index in [0.717, 1.165) is 12.0 Å². The van der Waals surface area contributed by atoms with E-state index in [1.165, 1.54) is 45.1 Å². The molecule has 94 valence electrons. The fraction of sp³-hybridized carbons (Fsp3) is 1.00. The van der Waals surface area contributed by atoms with Crippen LogP contribution in [0.15, 0.2) is 0 Å². The van der Waals surface area contributed by atoms with Gasteiger partial charge in [0.2, 0.25) is 0 Å². The van der Waals surface area contributed by atoms with Gasteiger partial charge >= 0.3 is 0 Å². The van der Waals surface area contributed by atoms with Crippen molar-refractivity contribution in [3.05, 3.63) is 0 Å². The van der Waals surface area contributed by atoms with Crippen molar-refractivity contribution in [1.29, 1.82) is 0 Å². The molecular weight excluding hydrogens is 194 g/mol. The van der Waals surface area contributed by atoms with Crippen LogP contribution in [0.1, 0.15) is 66.2 Å². The molecule has 16 heavy (non-hydrogen) atoms. The number of hydrogen-bond acceptors (Lipinski definition) is 1. The zero-order chi connectivity index (χ0) is 11.8. The highest BCUT2D eigenvalue weighted by Crippen LogP contribution is 2.48. The first kappa shape index (κ1) is 12.4. The lowest BCUT2D eigenvalue weighted by Gasteiger charge is -2.40. The number of hydrogen-bond donors (Lipinski definition) is 1. The van der Waals surface area contributed by atoms with Gasteiger partial charge in [0, 0.05) is 12.6 Å². The summed E-state index contributed by atoms with van der Waals surface area (Å²) in [5.41, 5.74) is 1.25. The fourth-order valence-electron chi connectivity index (χ4n) is 3.69. The van der Waals surface area contributed by atoms with E-state index in [1.807, 2.05) is 0 Å². The molecule has 0 amide bonds. The van der Waals surface area contributed by atoms with Crippen LogP contribution in [-0.4, -0.2) is 12.6 Å². The SMILES string of the molecule is CCC1(CNC2CC(C)CC(C)(C)C2)CC1. The van der Waals surface area contributed by atoms with Crippen molar-refractivity contribution in [2.75, 3.05) is 6.54 Å². The first-order valence-electron chi connectivity index (χ1n) is 7.18. The highest BCUT2D eigenvalue weighted by atomic mass is 14.9. The fourth-order valence-corrected chi connectivity index (χ4v) is 3.69. The van der Waals surface area contributed by atoms with E-state index in [2.05, 4.69) is 33.0 Å². The maximum atomic E-state index is 3.86. The van der Waals surface area contributed by atoms with E-state index in [1.54, 1.807) is 0 Å². The molecule has 0 spiro atoms. The Balaban J connectivity index is 1.81. The Morgan fingerprint density at radius 3 is 2.38 bits per heavy atom. The molecule has 0 bridgehead atoms. The molecule has 2 unspecified atom stereocenters. The highest BCUT2D eigenvalue weighted by molar-refractivity contribution is 4.95. The summed E-state index contributed by atoms with van der Waals surface area (Å²) in [6.07, 6.45) is 8.46. The minimum atomic E-state index is 0.554. The predicted molar refractivity (Wildman–Crippen MR) is 70.5 cm³/mol. The Kier molecular flexibility index (Phi) is 3.36. The normalized spacial score (nSPS) is 36.0. The van der Waals surface area contributed by atoms with Crippen molar-refractivity contribution in [3.63, 3.8) is 0 Å². The molecule has 0 aromatic carbocycles. The van der Waals surface area contributed by atoms with E-state index in [4.69, 9.17) is 0 Å². The van der Waals surface area contributed by atoms with E-state index >= 15 is 0 Å². The van der Waals surface area contributed by atoms with Gasteiger partial charge in [-0.15, -0.1) is 0 Å². The summed E-state index contributed by atoms with van der Waals surface area (Å²) in [6, 6.07) is 0.780. The van der Waals surface area contributed by atoms with Gasteiger partial charge in [-0.25, -0.2) is 0 Å². The van der Waals surface area contributed by atoms with Crippen molar-refractivity contribution in [3.8, 4) is 0 Å². The average molecular weight is 223 g/mol. The molecule has 1 N–H and O–H groups in total. The summed E-state index contributed by atoms with van der Waals surface area (Å²) in [7, 11) is 0. The lowest BCUT2D eigenvalue weighted by atomic mass is 9.70. The second-order valence-electron chi connectivity index (χ2n) is 7.34. The maximum absolute atomic E-state index is 3.86. The van der Waals surface area contributed by atoms with E-state index in [-0.39, 0.29) is 0 Å². The van der Waals surface area contributed by atoms with E-state index < -0.39 is 0 Å². The van der Waals surface area contributed by atoms with Crippen LogP contribution in [0.4, 0.5) is 0 Å². The molecule has 0 saturated heterocycles. The van der Waals surface area contributed by atoms with Crippen molar-refractivity contribution in [1.82, 2.24) is 5.32 Å². The lowest BCUT2D eigenvalue weighted by Crippen LogP contribution is -2.42. The summed E-state index contributed by atoms with van der Waals surface area (Å²) >= 11 is 0. The first-order chi connectivity index (χ1) is 7.45. The zero-order valence-corrected chi connectivity index (χ0v) is 11.6. The lowest BCUT2D eigenvalue weighted by molar-refractivity contribution is 0.147. The van der Waals surface area contributed by atoms with Crippen molar-refractivity contribution >= 4 is 0 Å². The molecule has 0 aliphatic heterocycles. The number of nitrogens with one attached hydrogen (secondary N) is 1. The summed E-state index contributed by atoms with van der Waals surface area (Å²) in [5, 5.41) is 3.86. The van der Waals surface area contributed by atoms with Crippen LogP contribution >= 0.6 is 0 Å². The largest absolute Gasteiger partial charge is 0.313 e. The Bertz CT molecular complexity index is 240. The molecule has 2 atom stereocenters. The minimum absolute atomic E-state index is 0.554. The third-order valence-electron chi connectivity index (χ3n) is 4.86. The van der Waals surface area contributed by atoms with Gasteiger partial charge in [-0.1, -0.05) is 27.7 Å². The van der Waals surface area contributed by atoms with Crippen LogP contribution in [0.5, 0.6) is 0 Å². The molecule has 2 aliphatic rings. The third kappa shape index (κ3) is 3.00. The molecule has 0 aromatic heterocycles. The van der Waals surface area contributed by atoms with Gasteiger partial charge in [-0.2, -0.15) is 0 Å². The topological polar surface area (TPSA) is 12.0 Å². The minimum Gasteiger partial charge on any atom is -0.313 e. The summed E-state index contributed by atoms with van der Waals surface area (Å²) < 4.78 is 0. The second-order valence-corrected chi connectivity index (χ2v) is 7.34. The van der Waals surface area contributed by atoms with Crippen LogP contribution < -0.4 is 5.32 Å². The van der Waals surface area contributed by atoms with Gasteiger partial charge in [0.25, 0.3) is 0 Å². The standard InChI is InChI=1S/C15H29N/c1-5-15(6-7-15)11-16-13-8-12(2)9-14(3,4)10-13/h12-13,16H,5-11H2,1-4H3. The van der Waals surface area contributed by atoms with Gasteiger partial charge < -0.3 is 5.32 Å². The molecule has 2 aliphatic carbocycles. The zero-order valence-electron chi connectivity index (χ0n) is 11.6. The number of rotatable bonds is 4. The van der Waals surface area contributed by atoms with Crippen LogP contribution in [-0.2, 0) is 0 Å². The molecule has 1 nitrogen and oxygen atoms in total. The van der Waals surface area contributed by atoms with Crippen molar-refractivity contribution in [2.24, 2.45) is 16.7 Å². The quantitative estimate of drug-likeness (QED) is 0.760. The molecule has 0 aromatic rings. The van der Waals surface area contributed by atoms with Gasteiger partial charge in [-0.05, 0) is 55.3 Å². The molecule has 2 saturated carbocycles. The van der Waals surface area contributed by atoms with Crippen molar-refractivity contribution < 1.29 is 0 Å². The Morgan fingerprint density at radius 1 is 1.19 bits per heavy atom. The smallest absolute Gasteiger partial charge is 0.00749 e. The predicted octanol–water partition coefficient (Wildman–Crippen LogP) is 3.98. The van der Waals surface area contributed by atoms with Crippen LogP contribution in [0.25, 0.3) is 0 Å². The molecular formula is C15H29N. The third-order valence-corrected chi connectivity index (χ3v) is 4.86.